The van der Waals surface area contributed by atoms with E-state index in [1.807, 2.05) is 0 Å². The van der Waals surface area contributed by atoms with Crippen LogP contribution >= 0.6 is 11.8 Å². The molecular formula is C19H16F3NO3S. The number of rotatable bonds is 3. The van der Waals surface area contributed by atoms with Crippen molar-refractivity contribution in [1.82, 2.24) is 0 Å². The summed E-state index contributed by atoms with van der Waals surface area (Å²) in [7, 11) is 1.28. The molecule has 8 heteroatoms. The van der Waals surface area contributed by atoms with E-state index in [4.69, 9.17) is 4.74 Å². The van der Waals surface area contributed by atoms with E-state index in [1.54, 1.807) is 30.0 Å². The molecule has 1 aliphatic heterocycles. The number of carbonyl (C=O) groups is 2. The van der Waals surface area contributed by atoms with Gasteiger partial charge < -0.3 is 4.74 Å². The maximum atomic E-state index is 12.8. The molecular weight excluding hydrogens is 379 g/mol. The van der Waals surface area contributed by atoms with Crippen molar-refractivity contribution in [3.05, 3.63) is 64.7 Å². The zero-order valence-electron chi connectivity index (χ0n) is 14.5. The summed E-state index contributed by atoms with van der Waals surface area (Å²) in [5.41, 5.74) is 1.55. The van der Waals surface area contributed by atoms with Crippen LogP contribution in [0.15, 0.2) is 42.5 Å². The van der Waals surface area contributed by atoms with Crippen molar-refractivity contribution in [3.63, 3.8) is 0 Å². The van der Waals surface area contributed by atoms with Crippen molar-refractivity contribution in [3.8, 4) is 0 Å². The molecule has 0 bridgehead atoms. The number of hydrogen-bond acceptors (Lipinski definition) is 4. The molecule has 3 rings (SSSR count). The Morgan fingerprint density at radius 2 is 1.85 bits per heavy atom. The second-order valence-corrected chi connectivity index (χ2v) is 7.11. The zero-order valence-corrected chi connectivity index (χ0v) is 15.4. The first-order valence-corrected chi connectivity index (χ1v) is 9.07. The molecule has 1 aliphatic rings. The average Bonchev–Trinajstić information content (AvgIpc) is 3.01. The largest absolute Gasteiger partial charge is 0.465 e. The third kappa shape index (κ3) is 3.80. The lowest BCUT2D eigenvalue weighted by atomic mass is 10.1. The number of methoxy groups -OCH3 is 1. The highest BCUT2D eigenvalue weighted by atomic mass is 32.2. The first kappa shape index (κ1) is 19.3. The van der Waals surface area contributed by atoms with E-state index in [-0.39, 0.29) is 11.7 Å². The molecule has 142 valence electrons. The number of ether oxygens (including phenoxy) is 1. The first-order valence-electron chi connectivity index (χ1n) is 8.02. The van der Waals surface area contributed by atoms with Gasteiger partial charge in [-0.2, -0.15) is 13.2 Å². The van der Waals surface area contributed by atoms with E-state index in [2.05, 4.69) is 0 Å². The lowest BCUT2D eigenvalue weighted by Crippen LogP contribution is -2.28. The Labute approximate surface area is 158 Å². The second-order valence-electron chi connectivity index (χ2n) is 6.04. The van der Waals surface area contributed by atoms with Gasteiger partial charge in [0.2, 0.25) is 5.91 Å². The SMILES string of the molecule is COC(=O)c1ccc(N2C(=O)CSC2c2ccc(C(F)(F)F)cc2)c(C)c1. The Morgan fingerprint density at radius 3 is 2.41 bits per heavy atom. The molecule has 2 aromatic rings. The number of hydrogen-bond donors (Lipinski definition) is 0. The molecule has 0 radical (unpaired) electrons. The monoisotopic (exact) mass is 395 g/mol. The van der Waals surface area contributed by atoms with Gasteiger partial charge in [-0.25, -0.2) is 4.79 Å². The lowest BCUT2D eigenvalue weighted by Gasteiger charge is -2.26. The number of anilines is 1. The zero-order chi connectivity index (χ0) is 19.8. The van der Waals surface area contributed by atoms with Crippen LogP contribution in [0.25, 0.3) is 0 Å². The molecule has 1 saturated heterocycles. The summed E-state index contributed by atoms with van der Waals surface area (Å²) in [4.78, 5) is 25.7. The molecule has 4 nitrogen and oxygen atoms in total. The summed E-state index contributed by atoms with van der Waals surface area (Å²) < 4.78 is 43.0. The molecule has 0 aliphatic carbocycles. The predicted octanol–water partition coefficient (Wildman–Crippen LogP) is 4.58. The van der Waals surface area contributed by atoms with Crippen LogP contribution in [0.3, 0.4) is 0 Å². The lowest BCUT2D eigenvalue weighted by molar-refractivity contribution is -0.137. The normalized spacial score (nSPS) is 17.3. The number of amides is 1. The maximum absolute atomic E-state index is 12.8. The van der Waals surface area contributed by atoms with Crippen LogP contribution in [0.1, 0.15) is 32.4 Å². The summed E-state index contributed by atoms with van der Waals surface area (Å²) in [5.74, 6) is -0.394. The van der Waals surface area contributed by atoms with E-state index in [1.165, 1.54) is 31.0 Å². The topological polar surface area (TPSA) is 46.6 Å². The summed E-state index contributed by atoms with van der Waals surface area (Å²) >= 11 is 1.35. The van der Waals surface area contributed by atoms with Gasteiger partial charge in [0.25, 0.3) is 0 Å². The van der Waals surface area contributed by atoms with E-state index in [0.717, 1.165) is 12.1 Å². The third-order valence-electron chi connectivity index (χ3n) is 4.27. The van der Waals surface area contributed by atoms with Crippen molar-refractivity contribution >= 4 is 29.3 Å². The van der Waals surface area contributed by atoms with Crippen molar-refractivity contribution in [1.29, 1.82) is 0 Å². The fourth-order valence-electron chi connectivity index (χ4n) is 2.94. The maximum Gasteiger partial charge on any atom is 0.416 e. The van der Waals surface area contributed by atoms with Crippen LogP contribution in [-0.2, 0) is 15.7 Å². The smallest absolute Gasteiger partial charge is 0.416 e. The van der Waals surface area contributed by atoms with Crippen LogP contribution in [0.4, 0.5) is 18.9 Å². The van der Waals surface area contributed by atoms with Crippen molar-refractivity contribution in [2.45, 2.75) is 18.5 Å². The quantitative estimate of drug-likeness (QED) is 0.714. The van der Waals surface area contributed by atoms with Gasteiger partial charge in [0.05, 0.1) is 24.0 Å². The summed E-state index contributed by atoms with van der Waals surface area (Å²) in [5, 5.41) is -0.428. The first-order chi connectivity index (χ1) is 12.7. The molecule has 1 heterocycles. The number of halogens is 3. The minimum Gasteiger partial charge on any atom is -0.465 e. The molecule has 0 N–H and O–H groups in total. The van der Waals surface area contributed by atoms with Gasteiger partial charge in [0.15, 0.2) is 0 Å². The van der Waals surface area contributed by atoms with E-state index in [9.17, 15) is 22.8 Å². The average molecular weight is 395 g/mol. The number of thioether (sulfide) groups is 1. The minimum absolute atomic E-state index is 0.140. The molecule has 1 fully saturated rings. The number of esters is 1. The number of alkyl halides is 3. The molecule has 1 amide bonds. The molecule has 27 heavy (non-hydrogen) atoms. The summed E-state index contributed by atoms with van der Waals surface area (Å²) in [6, 6.07) is 9.67. The fraction of sp³-hybridized carbons (Fsp3) is 0.263. The Bertz CT molecular complexity index is 881. The van der Waals surface area contributed by atoms with Crippen LogP contribution in [0, 0.1) is 6.92 Å². The van der Waals surface area contributed by atoms with Gasteiger partial charge in [0.1, 0.15) is 5.37 Å². The molecule has 1 atom stereocenters. The van der Waals surface area contributed by atoms with E-state index >= 15 is 0 Å². The van der Waals surface area contributed by atoms with Gasteiger partial charge >= 0.3 is 12.1 Å². The third-order valence-corrected chi connectivity index (χ3v) is 5.48. The van der Waals surface area contributed by atoms with Gasteiger partial charge in [-0.15, -0.1) is 11.8 Å². The molecule has 0 saturated carbocycles. The van der Waals surface area contributed by atoms with Gasteiger partial charge in [-0.05, 0) is 48.4 Å². The van der Waals surface area contributed by atoms with Crippen LogP contribution in [0.5, 0.6) is 0 Å². The Morgan fingerprint density at radius 1 is 1.19 bits per heavy atom. The Balaban J connectivity index is 1.94. The van der Waals surface area contributed by atoms with E-state index < -0.39 is 23.1 Å². The predicted molar refractivity (Wildman–Crippen MR) is 96.6 cm³/mol. The molecule has 0 spiro atoms. The fourth-order valence-corrected chi connectivity index (χ4v) is 4.11. The second kappa shape index (κ2) is 7.26. The van der Waals surface area contributed by atoms with Crippen LogP contribution in [-0.4, -0.2) is 24.7 Å². The van der Waals surface area contributed by atoms with Gasteiger partial charge in [-0.3, -0.25) is 9.69 Å². The highest BCUT2D eigenvalue weighted by molar-refractivity contribution is 8.00. The molecule has 0 aromatic heterocycles. The van der Waals surface area contributed by atoms with Gasteiger partial charge in [0, 0.05) is 5.69 Å². The highest BCUT2D eigenvalue weighted by Crippen LogP contribution is 2.43. The van der Waals surface area contributed by atoms with Crippen molar-refractivity contribution in [2.24, 2.45) is 0 Å². The summed E-state index contributed by atoms with van der Waals surface area (Å²) in [6.45, 7) is 1.77. The van der Waals surface area contributed by atoms with Crippen molar-refractivity contribution in [2.75, 3.05) is 17.8 Å². The van der Waals surface area contributed by atoms with E-state index in [0.29, 0.717) is 22.4 Å². The number of aryl methyl sites for hydroxylation is 1. The number of carbonyl (C=O) groups excluding carboxylic acids is 2. The standard InChI is InChI=1S/C19H16F3NO3S/c1-11-9-13(18(25)26-2)5-8-15(11)23-16(24)10-27-17(23)12-3-6-14(7-4-12)19(20,21)22/h3-9,17H,10H2,1-2H3. The number of benzene rings is 2. The number of nitrogens with zero attached hydrogens (tertiary/aromatic N) is 1. The van der Waals surface area contributed by atoms with Crippen LogP contribution < -0.4 is 4.90 Å². The Kier molecular flexibility index (Phi) is 5.19. The molecule has 1 unspecified atom stereocenters. The highest BCUT2D eigenvalue weighted by Gasteiger charge is 2.36. The summed E-state index contributed by atoms with van der Waals surface area (Å²) in [6.07, 6.45) is -4.41. The minimum atomic E-state index is -4.41. The Hall–Kier alpha value is -2.48. The van der Waals surface area contributed by atoms with Gasteiger partial charge in [-0.1, -0.05) is 12.1 Å². The molecule has 2 aromatic carbocycles. The van der Waals surface area contributed by atoms with Crippen molar-refractivity contribution < 1.29 is 27.5 Å². The van der Waals surface area contributed by atoms with Crippen LogP contribution in [0.2, 0.25) is 0 Å².